The van der Waals surface area contributed by atoms with Crippen LogP contribution in [-0.2, 0) is 19.5 Å². The zero-order valence-electron chi connectivity index (χ0n) is 8.81. The molecule has 0 N–H and O–H groups in total. The molecule has 80 valence electrons. The molecule has 0 saturated carbocycles. The molecule has 0 bridgehead atoms. The van der Waals surface area contributed by atoms with Gasteiger partial charge in [-0.05, 0) is 13.0 Å². The van der Waals surface area contributed by atoms with Crippen molar-refractivity contribution in [1.29, 1.82) is 0 Å². The Bertz CT molecular complexity index is 458. The quantitative estimate of drug-likeness (QED) is 0.745. The lowest BCUT2D eigenvalue weighted by Gasteiger charge is -2.05. The third-order valence-electron chi connectivity index (χ3n) is 2.35. The Hall–Kier alpha value is -1.29. The van der Waals surface area contributed by atoms with Crippen molar-refractivity contribution in [3.63, 3.8) is 0 Å². The van der Waals surface area contributed by atoms with Crippen LogP contribution in [0.4, 0.5) is 0 Å². The van der Waals surface area contributed by atoms with Crippen molar-refractivity contribution in [2.45, 2.75) is 19.3 Å². The molecule has 0 spiro atoms. The van der Waals surface area contributed by atoms with Crippen LogP contribution < -0.4 is 0 Å². The summed E-state index contributed by atoms with van der Waals surface area (Å²) in [5, 5.41) is 4.30. The van der Waals surface area contributed by atoms with Crippen LogP contribution in [0.1, 0.15) is 17.2 Å². The molecule has 15 heavy (non-hydrogen) atoms. The Kier molecular flexibility index (Phi) is 2.77. The van der Waals surface area contributed by atoms with Crippen LogP contribution in [-0.4, -0.2) is 19.3 Å². The first-order chi connectivity index (χ1) is 7.20. The van der Waals surface area contributed by atoms with E-state index in [-0.39, 0.29) is 0 Å². The largest absolute Gasteiger partial charge is 0.328 e. The van der Waals surface area contributed by atoms with Crippen molar-refractivity contribution in [3.8, 4) is 0 Å². The van der Waals surface area contributed by atoms with E-state index in [1.807, 2.05) is 29.4 Å². The lowest BCUT2D eigenvalue weighted by Crippen LogP contribution is -2.07. The van der Waals surface area contributed by atoms with Crippen LogP contribution in [0.25, 0.3) is 0 Å². The van der Waals surface area contributed by atoms with Crippen LogP contribution in [0.15, 0.2) is 18.5 Å². The van der Waals surface area contributed by atoms with Crippen molar-refractivity contribution in [2.24, 2.45) is 7.05 Å². The lowest BCUT2D eigenvalue weighted by atomic mass is 10.3. The fourth-order valence-corrected chi connectivity index (χ4v) is 1.82. The lowest BCUT2D eigenvalue weighted by molar-refractivity contribution is 0.651. The van der Waals surface area contributed by atoms with E-state index in [2.05, 4.69) is 16.1 Å². The summed E-state index contributed by atoms with van der Waals surface area (Å²) in [6.45, 7) is 2.75. The highest BCUT2D eigenvalue weighted by atomic mass is 35.5. The molecule has 0 amide bonds. The average molecular weight is 225 g/mol. The smallest absolute Gasteiger partial charge is 0.123 e. The highest BCUT2D eigenvalue weighted by Crippen LogP contribution is 2.08. The third-order valence-corrected chi connectivity index (χ3v) is 2.59. The first-order valence-electron chi connectivity index (χ1n) is 4.76. The Morgan fingerprint density at radius 1 is 1.47 bits per heavy atom. The Labute approximate surface area is 93.5 Å². The molecule has 0 radical (unpaired) electrons. The van der Waals surface area contributed by atoms with E-state index in [1.54, 1.807) is 6.20 Å². The van der Waals surface area contributed by atoms with Gasteiger partial charge in [0.15, 0.2) is 0 Å². The topological polar surface area (TPSA) is 35.6 Å². The number of hydrogen-bond acceptors (Lipinski definition) is 2. The van der Waals surface area contributed by atoms with Crippen molar-refractivity contribution in [1.82, 2.24) is 19.3 Å². The Morgan fingerprint density at radius 3 is 2.87 bits per heavy atom. The standard InChI is InChI=1S/C10H13ClN4/c1-8-5-9(14(2)13-8)7-15-4-3-12-10(15)6-11/h3-5H,6-7H2,1-2H3. The molecule has 0 unspecified atom stereocenters. The minimum Gasteiger partial charge on any atom is -0.328 e. The molecule has 0 aromatic carbocycles. The van der Waals surface area contributed by atoms with Gasteiger partial charge in [0.05, 0.1) is 23.8 Å². The van der Waals surface area contributed by atoms with Crippen molar-refractivity contribution in [3.05, 3.63) is 35.7 Å². The molecule has 0 aliphatic rings. The van der Waals surface area contributed by atoms with E-state index in [4.69, 9.17) is 11.6 Å². The molecule has 2 rings (SSSR count). The van der Waals surface area contributed by atoms with E-state index in [0.29, 0.717) is 5.88 Å². The first-order valence-corrected chi connectivity index (χ1v) is 5.29. The fourth-order valence-electron chi connectivity index (χ4n) is 1.60. The van der Waals surface area contributed by atoms with Crippen LogP contribution in [0, 0.1) is 6.92 Å². The first kappa shape index (κ1) is 10.2. The summed E-state index contributed by atoms with van der Waals surface area (Å²) in [6, 6.07) is 2.07. The van der Waals surface area contributed by atoms with Crippen molar-refractivity contribution in [2.75, 3.05) is 0 Å². The second-order valence-electron chi connectivity index (χ2n) is 3.51. The number of imidazole rings is 1. The molecule has 0 saturated heterocycles. The fraction of sp³-hybridized carbons (Fsp3) is 0.400. The van der Waals surface area contributed by atoms with E-state index < -0.39 is 0 Å². The molecular formula is C10H13ClN4. The second kappa shape index (κ2) is 4.06. The molecule has 2 aromatic rings. The minimum atomic E-state index is 0.434. The SMILES string of the molecule is Cc1cc(Cn2ccnc2CCl)n(C)n1. The van der Waals surface area contributed by atoms with Gasteiger partial charge < -0.3 is 4.57 Å². The number of aryl methyl sites for hydroxylation is 2. The van der Waals surface area contributed by atoms with Gasteiger partial charge in [0, 0.05) is 19.4 Å². The monoisotopic (exact) mass is 224 g/mol. The second-order valence-corrected chi connectivity index (χ2v) is 3.77. The van der Waals surface area contributed by atoms with Gasteiger partial charge in [-0.25, -0.2) is 4.98 Å². The predicted octanol–water partition coefficient (Wildman–Crippen LogP) is 1.71. The van der Waals surface area contributed by atoms with Gasteiger partial charge >= 0.3 is 0 Å². The van der Waals surface area contributed by atoms with Crippen LogP contribution in [0.3, 0.4) is 0 Å². The van der Waals surface area contributed by atoms with Crippen molar-refractivity contribution < 1.29 is 0 Å². The molecule has 0 atom stereocenters. The third kappa shape index (κ3) is 2.04. The zero-order chi connectivity index (χ0) is 10.8. The van der Waals surface area contributed by atoms with Gasteiger partial charge in [-0.1, -0.05) is 0 Å². The number of alkyl halides is 1. The average Bonchev–Trinajstić information content (AvgIpc) is 2.74. The predicted molar refractivity (Wildman–Crippen MR) is 58.8 cm³/mol. The Balaban J connectivity index is 2.25. The summed E-state index contributed by atoms with van der Waals surface area (Å²) >= 11 is 5.78. The maximum atomic E-state index is 5.78. The maximum absolute atomic E-state index is 5.78. The van der Waals surface area contributed by atoms with Crippen LogP contribution >= 0.6 is 11.6 Å². The summed E-state index contributed by atoms with van der Waals surface area (Å²) in [4.78, 5) is 4.17. The van der Waals surface area contributed by atoms with Gasteiger partial charge in [0.2, 0.25) is 0 Å². The van der Waals surface area contributed by atoms with Gasteiger partial charge in [-0.3, -0.25) is 4.68 Å². The number of hydrogen-bond donors (Lipinski definition) is 0. The van der Waals surface area contributed by atoms with Gasteiger partial charge in [-0.2, -0.15) is 5.10 Å². The van der Waals surface area contributed by atoms with Crippen molar-refractivity contribution >= 4 is 11.6 Å². The summed E-state index contributed by atoms with van der Waals surface area (Å²) < 4.78 is 3.91. The summed E-state index contributed by atoms with van der Waals surface area (Å²) in [7, 11) is 1.94. The molecule has 4 nitrogen and oxygen atoms in total. The number of aromatic nitrogens is 4. The molecule has 5 heteroatoms. The van der Waals surface area contributed by atoms with Crippen LogP contribution in [0.5, 0.6) is 0 Å². The molecular weight excluding hydrogens is 212 g/mol. The van der Waals surface area contributed by atoms with Gasteiger partial charge in [0.1, 0.15) is 5.82 Å². The molecule has 0 fully saturated rings. The van der Waals surface area contributed by atoms with E-state index in [1.165, 1.54) is 0 Å². The summed E-state index contributed by atoms with van der Waals surface area (Å²) in [6.07, 6.45) is 3.70. The number of rotatable bonds is 3. The van der Waals surface area contributed by atoms with Crippen LogP contribution in [0.2, 0.25) is 0 Å². The normalized spacial score (nSPS) is 10.9. The van der Waals surface area contributed by atoms with E-state index in [0.717, 1.165) is 23.8 Å². The van der Waals surface area contributed by atoms with E-state index in [9.17, 15) is 0 Å². The molecule has 2 heterocycles. The number of nitrogens with zero attached hydrogens (tertiary/aromatic N) is 4. The maximum Gasteiger partial charge on any atom is 0.123 e. The minimum absolute atomic E-state index is 0.434. The molecule has 0 aliphatic carbocycles. The van der Waals surface area contributed by atoms with Gasteiger partial charge in [-0.15, -0.1) is 11.6 Å². The summed E-state index contributed by atoms with van der Waals surface area (Å²) in [5.41, 5.74) is 2.18. The molecule has 0 aliphatic heterocycles. The highest BCUT2D eigenvalue weighted by molar-refractivity contribution is 6.16. The Morgan fingerprint density at radius 2 is 2.27 bits per heavy atom. The summed E-state index contributed by atoms with van der Waals surface area (Å²) in [5.74, 6) is 1.32. The molecule has 2 aromatic heterocycles. The van der Waals surface area contributed by atoms with Gasteiger partial charge in [0.25, 0.3) is 0 Å². The zero-order valence-corrected chi connectivity index (χ0v) is 9.57. The highest BCUT2D eigenvalue weighted by Gasteiger charge is 2.05. The van der Waals surface area contributed by atoms with E-state index >= 15 is 0 Å². The number of halogens is 1.